The summed E-state index contributed by atoms with van der Waals surface area (Å²) in [6.45, 7) is 2.41. The third kappa shape index (κ3) is 9.17. The topological polar surface area (TPSA) is 125 Å². The van der Waals surface area contributed by atoms with E-state index in [1.165, 1.54) is 6.92 Å². The molecule has 0 bridgehead atoms. The van der Waals surface area contributed by atoms with Crippen molar-refractivity contribution >= 4 is 11.9 Å². The van der Waals surface area contributed by atoms with Gasteiger partial charge in [-0.2, -0.15) is 0 Å². The maximum atomic E-state index is 12.0. The lowest BCUT2D eigenvalue weighted by atomic mass is 10.1. The van der Waals surface area contributed by atoms with E-state index in [0.717, 1.165) is 16.9 Å². The van der Waals surface area contributed by atoms with Gasteiger partial charge in [-0.3, -0.25) is 14.8 Å². The van der Waals surface area contributed by atoms with Crippen LogP contribution in [0.25, 0.3) is 0 Å². The van der Waals surface area contributed by atoms with Gasteiger partial charge in [0.05, 0.1) is 6.54 Å². The average Bonchev–Trinajstić information content (AvgIpc) is 2.76. The minimum atomic E-state index is -0.947. The first kappa shape index (κ1) is 24.3. The molecule has 2 rings (SSSR count). The number of carbonyl (C=O) groups is 2. The predicted octanol–water partition coefficient (Wildman–Crippen LogP) is 2.20. The van der Waals surface area contributed by atoms with Gasteiger partial charge < -0.3 is 20.9 Å². The fourth-order valence-electron chi connectivity index (χ4n) is 2.93. The highest BCUT2D eigenvalue weighted by molar-refractivity contribution is 5.75. The second-order valence-corrected chi connectivity index (χ2v) is 7.48. The van der Waals surface area contributed by atoms with Crippen molar-refractivity contribution in [3.05, 3.63) is 65.7 Å². The molecule has 8 heteroatoms. The Kier molecular flexibility index (Phi) is 9.96. The Hall–Kier alpha value is -2.94. The standard InChI is InChI=1S/C23H31N3O5/c1-17(23(28)29)25-13-5-8-22(27)26(30)15-20(24)14-18-9-11-21(12-10-18)31-16-19-6-3-2-4-7-19/h2-4,6-7,9-12,17,20,25,30H,5,8,13-16,24H2,1H3,(H,28,29)/t17-,20+/m1/s1. The molecule has 0 heterocycles. The van der Waals surface area contributed by atoms with E-state index in [1.807, 2.05) is 54.6 Å². The maximum Gasteiger partial charge on any atom is 0.320 e. The summed E-state index contributed by atoms with van der Waals surface area (Å²) in [5.74, 6) is -0.632. The zero-order valence-electron chi connectivity index (χ0n) is 17.7. The number of benzene rings is 2. The van der Waals surface area contributed by atoms with Gasteiger partial charge in [-0.15, -0.1) is 0 Å². The zero-order valence-corrected chi connectivity index (χ0v) is 17.7. The Morgan fingerprint density at radius 2 is 1.77 bits per heavy atom. The zero-order chi connectivity index (χ0) is 22.6. The van der Waals surface area contributed by atoms with Gasteiger partial charge in [0.2, 0.25) is 5.91 Å². The number of ether oxygens (including phenoxy) is 1. The van der Waals surface area contributed by atoms with E-state index in [2.05, 4.69) is 5.32 Å². The van der Waals surface area contributed by atoms with Gasteiger partial charge in [-0.1, -0.05) is 42.5 Å². The molecule has 2 atom stereocenters. The number of aliphatic carboxylic acids is 1. The largest absolute Gasteiger partial charge is 0.489 e. The van der Waals surface area contributed by atoms with Gasteiger partial charge in [0.15, 0.2) is 0 Å². The van der Waals surface area contributed by atoms with E-state index in [0.29, 0.717) is 31.1 Å². The number of carboxylic acids is 1. The Labute approximate surface area is 182 Å². The molecule has 0 radical (unpaired) electrons. The van der Waals surface area contributed by atoms with Crippen LogP contribution in [-0.2, 0) is 22.6 Å². The van der Waals surface area contributed by atoms with Crippen molar-refractivity contribution in [2.24, 2.45) is 5.73 Å². The van der Waals surface area contributed by atoms with Crippen LogP contribution >= 0.6 is 0 Å². The molecular weight excluding hydrogens is 398 g/mol. The Morgan fingerprint density at radius 1 is 1.10 bits per heavy atom. The summed E-state index contributed by atoms with van der Waals surface area (Å²) in [7, 11) is 0. The lowest BCUT2D eigenvalue weighted by molar-refractivity contribution is -0.166. The Morgan fingerprint density at radius 3 is 2.42 bits per heavy atom. The van der Waals surface area contributed by atoms with Gasteiger partial charge in [-0.25, -0.2) is 5.06 Å². The van der Waals surface area contributed by atoms with Crippen LogP contribution in [0.5, 0.6) is 5.75 Å². The van der Waals surface area contributed by atoms with Crippen LogP contribution in [-0.4, -0.2) is 52.4 Å². The van der Waals surface area contributed by atoms with E-state index in [4.69, 9.17) is 15.6 Å². The molecule has 1 amide bonds. The first-order chi connectivity index (χ1) is 14.8. The van der Waals surface area contributed by atoms with E-state index in [1.54, 1.807) is 0 Å². The highest BCUT2D eigenvalue weighted by atomic mass is 16.5. The number of nitrogens with zero attached hydrogens (tertiary/aromatic N) is 1. The van der Waals surface area contributed by atoms with Crippen LogP contribution in [0, 0.1) is 0 Å². The Balaban J connectivity index is 1.69. The van der Waals surface area contributed by atoms with Crippen molar-refractivity contribution in [2.45, 2.75) is 44.9 Å². The molecular formula is C23H31N3O5. The number of amides is 1. The van der Waals surface area contributed by atoms with Crippen molar-refractivity contribution < 1.29 is 24.6 Å². The van der Waals surface area contributed by atoms with E-state index in [9.17, 15) is 14.8 Å². The monoisotopic (exact) mass is 429 g/mol. The first-order valence-electron chi connectivity index (χ1n) is 10.3. The van der Waals surface area contributed by atoms with Gasteiger partial charge in [0.1, 0.15) is 18.4 Å². The predicted molar refractivity (Wildman–Crippen MR) is 117 cm³/mol. The third-order valence-corrected chi connectivity index (χ3v) is 4.75. The number of rotatable bonds is 13. The summed E-state index contributed by atoms with van der Waals surface area (Å²) in [6.07, 6.45) is 1.03. The average molecular weight is 430 g/mol. The number of hydrogen-bond acceptors (Lipinski definition) is 6. The van der Waals surface area contributed by atoms with Crippen LogP contribution in [0.15, 0.2) is 54.6 Å². The van der Waals surface area contributed by atoms with Gasteiger partial charge in [0.25, 0.3) is 0 Å². The molecule has 5 N–H and O–H groups in total. The number of carboxylic acid groups (broad SMARTS) is 1. The van der Waals surface area contributed by atoms with Crippen molar-refractivity contribution in [1.29, 1.82) is 0 Å². The Bertz CT molecular complexity index is 814. The molecule has 0 spiro atoms. The molecule has 0 aromatic heterocycles. The second kappa shape index (κ2) is 12.7. The van der Waals surface area contributed by atoms with Crippen molar-refractivity contribution in [2.75, 3.05) is 13.1 Å². The third-order valence-electron chi connectivity index (χ3n) is 4.75. The fourth-order valence-corrected chi connectivity index (χ4v) is 2.93. The number of nitrogens with two attached hydrogens (primary N) is 1. The number of hydrogen-bond donors (Lipinski definition) is 4. The van der Waals surface area contributed by atoms with Crippen LogP contribution in [0.1, 0.15) is 30.9 Å². The molecule has 0 aliphatic heterocycles. The molecule has 2 aromatic rings. The molecule has 31 heavy (non-hydrogen) atoms. The first-order valence-corrected chi connectivity index (χ1v) is 10.3. The maximum absolute atomic E-state index is 12.0. The molecule has 8 nitrogen and oxygen atoms in total. The summed E-state index contributed by atoms with van der Waals surface area (Å²) in [6, 6.07) is 16.4. The normalized spacial score (nSPS) is 12.7. The van der Waals surface area contributed by atoms with Gasteiger partial charge in [0, 0.05) is 12.5 Å². The van der Waals surface area contributed by atoms with Crippen LogP contribution in [0.3, 0.4) is 0 Å². The SMILES string of the molecule is C[C@@H](NCCCC(=O)N(O)C[C@@H](N)Cc1ccc(OCc2ccccc2)cc1)C(=O)O. The van der Waals surface area contributed by atoms with Gasteiger partial charge in [-0.05, 0) is 49.6 Å². The summed E-state index contributed by atoms with van der Waals surface area (Å²) in [5, 5.41) is 22.2. The van der Waals surface area contributed by atoms with E-state index in [-0.39, 0.29) is 13.0 Å². The summed E-state index contributed by atoms with van der Waals surface area (Å²) >= 11 is 0. The molecule has 2 aromatic carbocycles. The van der Waals surface area contributed by atoms with Crippen molar-refractivity contribution in [3.8, 4) is 5.75 Å². The van der Waals surface area contributed by atoms with Crippen molar-refractivity contribution in [3.63, 3.8) is 0 Å². The highest BCUT2D eigenvalue weighted by Gasteiger charge is 2.16. The molecule has 168 valence electrons. The molecule has 0 unspecified atom stereocenters. The minimum absolute atomic E-state index is 0.0179. The van der Waals surface area contributed by atoms with Crippen LogP contribution < -0.4 is 15.8 Å². The molecule has 0 fully saturated rings. The lowest BCUT2D eigenvalue weighted by Crippen LogP contribution is -2.40. The number of hydroxylamine groups is 2. The molecule has 0 aliphatic carbocycles. The lowest BCUT2D eigenvalue weighted by Gasteiger charge is -2.20. The highest BCUT2D eigenvalue weighted by Crippen LogP contribution is 2.15. The number of nitrogens with one attached hydrogen (secondary N) is 1. The number of carbonyl (C=O) groups excluding carboxylic acids is 1. The van der Waals surface area contributed by atoms with Crippen molar-refractivity contribution in [1.82, 2.24) is 10.4 Å². The van der Waals surface area contributed by atoms with E-state index >= 15 is 0 Å². The summed E-state index contributed by atoms with van der Waals surface area (Å²) < 4.78 is 5.76. The fraction of sp³-hybridized carbons (Fsp3) is 0.391. The second-order valence-electron chi connectivity index (χ2n) is 7.48. The quantitative estimate of drug-likeness (QED) is 0.218. The molecule has 0 saturated heterocycles. The summed E-state index contributed by atoms with van der Waals surface area (Å²) in [5.41, 5.74) is 8.15. The van der Waals surface area contributed by atoms with E-state index < -0.39 is 24.0 Å². The molecule has 0 saturated carbocycles. The molecule has 0 aliphatic rings. The minimum Gasteiger partial charge on any atom is -0.489 e. The van der Waals surface area contributed by atoms with Crippen LogP contribution in [0.4, 0.5) is 0 Å². The van der Waals surface area contributed by atoms with Crippen LogP contribution in [0.2, 0.25) is 0 Å². The van der Waals surface area contributed by atoms with Gasteiger partial charge >= 0.3 is 5.97 Å². The summed E-state index contributed by atoms with van der Waals surface area (Å²) in [4.78, 5) is 22.7. The smallest absolute Gasteiger partial charge is 0.320 e.